The van der Waals surface area contributed by atoms with Crippen molar-refractivity contribution < 1.29 is 10.2 Å². The fourth-order valence-electron chi connectivity index (χ4n) is 1.12. The number of nitrogens with one attached hydrogen (secondary N) is 1. The number of aliphatic hydroxyl groups excluding tert-OH is 2. The Morgan fingerprint density at radius 3 is 0.875 bits per heavy atom. The molecule has 0 saturated carbocycles. The summed E-state index contributed by atoms with van der Waals surface area (Å²) in [5.41, 5.74) is 0. The first-order chi connectivity index (χ1) is 6.54. The standard InChI is InChI=1S/C6H19NSi2.2C2H6O.H3N/c1-8(2,3)7-9(4,5)6;2*1-2-3;/h7H,1-6H3;2*3H,2H2,1H3;1H3. The van der Waals surface area contributed by atoms with E-state index in [4.69, 9.17) is 10.2 Å². The molecule has 0 bridgehead atoms. The molecule has 0 saturated heterocycles. The van der Waals surface area contributed by atoms with Crippen molar-refractivity contribution in [2.45, 2.75) is 53.1 Å². The third-order valence-corrected chi connectivity index (χ3v) is 6.75. The zero-order chi connectivity index (χ0) is 13.1. The van der Waals surface area contributed by atoms with Gasteiger partial charge < -0.3 is 21.0 Å². The highest BCUT2D eigenvalue weighted by Crippen LogP contribution is 2.02. The summed E-state index contributed by atoms with van der Waals surface area (Å²) in [6.07, 6.45) is 0. The normalized spacial score (nSPS) is 10.1. The van der Waals surface area contributed by atoms with Gasteiger partial charge in [-0.15, -0.1) is 0 Å². The third kappa shape index (κ3) is 63.9. The van der Waals surface area contributed by atoms with Crippen LogP contribution in [0, 0.1) is 0 Å². The molecule has 0 amide bonds. The van der Waals surface area contributed by atoms with Crippen LogP contribution in [0.1, 0.15) is 13.8 Å². The van der Waals surface area contributed by atoms with Crippen LogP contribution in [0.25, 0.3) is 0 Å². The molecule has 6 N–H and O–H groups in total. The number of hydrogen-bond donors (Lipinski definition) is 4. The van der Waals surface area contributed by atoms with E-state index in [1.165, 1.54) is 0 Å². The minimum atomic E-state index is -0.981. The lowest BCUT2D eigenvalue weighted by Crippen LogP contribution is -2.55. The Hall–Kier alpha value is 0.274. The van der Waals surface area contributed by atoms with Crippen LogP contribution >= 0.6 is 0 Å². The highest BCUT2D eigenvalue weighted by molar-refractivity contribution is 6.90. The molecule has 0 aliphatic rings. The largest absolute Gasteiger partial charge is 0.397 e. The Balaban J connectivity index is -0.0000000870. The van der Waals surface area contributed by atoms with E-state index in [9.17, 15) is 0 Å². The molecule has 0 aromatic heterocycles. The average Bonchev–Trinajstić information content (AvgIpc) is 1.80. The Kier molecular flexibility index (Phi) is 21.0. The molecular formula is C10H34N2O2Si2. The van der Waals surface area contributed by atoms with Crippen molar-refractivity contribution >= 4 is 16.5 Å². The van der Waals surface area contributed by atoms with E-state index in [1.54, 1.807) is 13.8 Å². The summed E-state index contributed by atoms with van der Waals surface area (Å²) in [5.74, 6) is 0. The molecule has 16 heavy (non-hydrogen) atoms. The van der Waals surface area contributed by atoms with Gasteiger partial charge in [0.15, 0.2) is 0 Å². The van der Waals surface area contributed by atoms with E-state index in [0.29, 0.717) is 0 Å². The van der Waals surface area contributed by atoms with Gasteiger partial charge in [-0.05, 0) is 13.8 Å². The summed E-state index contributed by atoms with van der Waals surface area (Å²) in [6, 6.07) is 0. The van der Waals surface area contributed by atoms with Gasteiger partial charge in [-0.2, -0.15) is 0 Å². The van der Waals surface area contributed by atoms with E-state index in [-0.39, 0.29) is 19.4 Å². The van der Waals surface area contributed by atoms with Crippen LogP contribution in [0.2, 0.25) is 39.3 Å². The van der Waals surface area contributed by atoms with Crippen molar-refractivity contribution in [3.05, 3.63) is 0 Å². The Morgan fingerprint density at radius 2 is 0.875 bits per heavy atom. The molecule has 0 aliphatic heterocycles. The maximum absolute atomic E-state index is 7.57. The second-order valence-corrected chi connectivity index (χ2v) is 15.3. The SMILES string of the molecule is CCO.CCO.C[Si](C)(C)N[Si](C)(C)C.N. The summed E-state index contributed by atoms with van der Waals surface area (Å²) in [6.45, 7) is 18.0. The van der Waals surface area contributed by atoms with Crippen LogP contribution in [0.4, 0.5) is 0 Å². The third-order valence-electron chi connectivity index (χ3n) is 0.750. The zero-order valence-electron chi connectivity index (χ0n) is 12.5. The van der Waals surface area contributed by atoms with Crippen molar-refractivity contribution in [1.82, 2.24) is 10.8 Å². The van der Waals surface area contributed by atoms with E-state index >= 15 is 0 Å². The van der Waals surface area contributed by atoms with Crippen molar-refractivity contribution in [2.24, 2.45) is 0 Å². The van der Waals surface area contributed by atoms with Gasteiger partial charge in [-0.1, -0.05) is 39.3 Å². The Labute approximate surface area is 104 Å². The van der Waals surface area contributed by atoms with Gasteiger partial charge in [0.2, 0.25) is 0 Å². The van der Waals surface area contributed by atoms with Gasteiger partial charge in [0.1, 0.15) is 16.5 Å². The molecule has 4 nitrogen and oxygen atoms in total. The first-order valence-electron chi connectivity index (χ1n) is 5.55. The smallest absolute Gasteiger partial charge is 0.109 e. The predicted molar refractivity (Wildman–Crippen MR) is 80.4 cm³/mol. The Bertz CT molecular complexity index is 109. The van der Waals surface area contributed by atoms with E-state index in [0.717, 1.165) is 0 Å². The quantitative estimate of drug-likeness (QED) is 0.580. The lowest BCUT2D eigenvalue weighted by molar-refractivity contribution is 0.318. The summed E-state index contributed by atoms with van der Waals surface area (Å²) < 4.78 is 3.74. The minimum Gasteiger partial charge on any atom is -0.397 e. The zero-order valence-corrected chi connectivity index (χ0v) is 14.5. The molecule has 0 radical (unpaired) electrons. The van der Waals surface area contributed by atoms with Gasteiger partial charge in [0.25, 0.3) is 0 Å². The number of aliphatic hydroxyl groups is 2. The van der Waals surface area contributed by atoms with E-state index in [1.807, 2.05) is 0 Å². The van der Waals surface area contributed by atoms with Crippen LogP contribution in [0.3, 0.4) is 0 Å². The van der Waals surface area contributed by atoms with Crippen LogP contribution in [0.5, 0.6) is 0 Å². The van der Waals surface area contributed by atoms with Crippen LogP contribution < -0.4 is 10.8 Å². The van der Waals surface area contributed by atoms with Crippen LogP contribution in [-0.4, -0.2) is 39.9 Å². The van der Waals surface area contributed by atoms with Gasteiger partial charge in [0, 0.05) is 13.2 Å². The molecule has 0 spiro atoms. The summed E-state index contributed by atoms with van der Waals surface area (Å²) in [4.78, 5) is 0. The highest BCUT2D eigenvalue weighted by Gasteiger charge is 2.22. The van der Waals surface area contributed by atoms with Gasteiger partial charge >= 0.3 is 0 Å². The molecule has 0 rings (SSSR count). The summed E-state index contributed by atoms with van der Waals surface area (Å²) >= 11 is 0. The molecule has 0 aromatic rings. The Morgan fingerprint density at radius 1 is 0.750 bits per heavy atom. The lowest BCUT2D eigenvalue weighted by Gasteiger charge is -2.28. The highest BCUT2D eigenvalue weighted by atomic mass is 28.4. The monoisotopic (exact) mass is 270 g/mol. The van der Waals surface area contributed by atoms with Crippen molar-refractivity contribution in [2.75, 3.05) is 13.2 Å². The molecule has 0 aromatic carbocycles. The number of rotatable bonds is 2. The summed E-state index contributed by atoms with van der Waals surface area (Å²) in [7, 11) is -1.96. The fourth-order valence-corrected chi connectivity index (χ4v) is 10.1. The molecule has 0 fully saturated rings. The van der Waals surface area contributed by atoms with Crippen molar-refractivity contribution in [3.8, 4) is 0 Å². The first kappa shape index (κ1) is 25.2. The molecule has 6 heteroatoms. The molecule has 0 atom stereocenters. The lowest BCUT2D eigenvalue weighted by atomic mass is 10.9. The maximum Gasteiger partial charge on any atom is 0.109 e. The summed E-state index contributed by atoms with van der Waals surface area (Å²) in [5, 5.41) is 15.1. The molecule has 104 valence electrons. The molecule has 0 heterocycles. The maximum atomic E-state index is 7.57. The number of hydrogen-bond acceptors (Lipinski definition) is 4. The van der Waals surface area contributed by atoms with Crippen molar-refractivity contribution in [3.63, 3.8) is 0 Å². The van der Waals surface area contributed by atoms with Crippen molar-refractivity contribution in [1.29, 1.82) is 0 Å². The van der Waals surface area contributed by atoms with Crippen LogP contribution in [-0.2, 0) is 0 Å². The van der Waals surface area contributed by atoms with Crippen LogP contribution in [0.15, 0.2) is 0 Å². The fraction of sp³-hybridized carbons (Fsp3) is 1.00. The van der Waals surface area contributed by atoms with Gasteiger partial charge in [-0.3, -0.25) is 0 Å². The second-order valence-electron chi connectivity index (χ2n) is 5.26. The average molecular weight is 271 g/mol. The van der Waals surface area contributed by atoms with Gasteiger partial charge in [0.05, 0.1) is 0 Å². The molecule has 0 aliphatic carbocycles. The first-order valence-corrected chi connectivity index (χ1v) is 12.5. The second kappa shape index (κ2) is 13.3. The van der Waals surface area contributed by atoms with E-state index in [2.05, 4.69) is 43.9 Å². The van der Waals surface area contributed by atoms with E-state index < -0.39 is 16.5 Å². The predicted octanol–water partition coefficient (Wildman–Crippen LogP) is 2.40. The molecular weight excluding hydrogens is 236 g/mol. The topological polar surface area (TPSA) is 87.5 Å². The van der Waals surface area contributed by atoms with Gasteiger partial charge in [-0.25, -0.2) is 0 Å². The molecule has 0 unspecified atom stereocenters. The minimum absolute atomic E-state index is 0.